The number of rotatable bonds is 6. The standard InChI is InChI=1S/C15H18N2O2/c1-3-16-12-8-9-17-13(10-12)11-19-15-7-5-4-6-14(15)18-2/h4-10H,3,11H2,1-2H3,(H,16,17). The molecule has 0 aliphatic heterocycles. The van der Waals surface area contributed by atoms with Crippen LogP contribution in [0.15, 0.2) is 42.6 Å². The van der Waals surface area contributed by atoms with Crippen molar-refractivity contribution >= 4 is 5.69 Å². The summed E-state index contributed by atoms with van der Waals surface area (Å²) >= 11 is 0. The Balaban J connectivity index is 2.03. The number of pyridine rings is 1. The highest BCUT2D eigenvalue weighted by Gasteiger charge is 2.04. The molecule has 2 aromatic rings. The van der Waals surface area contributed by atoms with Gasteiger partial charge in [-0.3, -0.25) is 4.98 Å². The zero-order valence-corrected chi connectivity index (χ0v) is 11.2. The van der Waals surface area contributed by atoms with Crippen molar-refractivity contribution in [1.82, 2.24) is 4.98 Å². The van der Waals surface area contributed by atoms with Gasteiger partial charge in [-0.2, -0.15) is 0 Å². The molecule has 1 aromatic carbocycles. The fourth-order valence-corrected chi connectivity index (χ4v) is 1.76. The number of hydrogen-bond acceptors (Lipinski definition) is 4. The Morgan fingerprint density at radius 3 is 2.68 bits per heavy atom. The molecule has 0 saturated carbocycles. The number of hydrogen-bond donors (Lipinski definition) is 1. The average molecular weight is 258 g/mol. The Morgan fingerprint density at radius 2 is 1.95 bits per heavy atom. The second-order valence-electron chi connectivity index (χ2n) is 4.01. The van der Waals surface area contributed by atoms with Gasteiger partial charge in [-0.25, -0.2) is 0 Å². The number of anilines is 1. The molecule has 0 spiro atoms. The molecule has 0 saturated heterocycles. The largest absolute Gasteiger partial charge is 0.493 e. The maximum Gasteiger partial charge on any atom is 0.161 e. The first-order valence-corrected chi connectivity index (χ1v) is 6.28. The van der Waals surface area contributed by atoms with Crippen LogP contribution in [-0.2, 0) is 6.61 Å². The third kappa shape index (κ3) is 3.61. The molecule has 1 N–H and O–H groups in total. The summed E-state index contributed by atoms with van der Waals surface area (Å²) in [6, 6.07) is 11.5. The molecule has 0 aliphatic carbocycles. The van der Waals surface area contributed by atoms with Gasteiger partial charge in [-0.15, -0.1) is 0 Å². The number of para-hydroxylation sites is 2. The monoisotopic (exact) mass is 258 g/mol. The summed E-state index contributed by atoms with van der Waals surface area (Å²) in [6.07, 6.45) is 1.78. The van der Waals surface area contributed by atoms with E-state index < -0.39 is 0 Å². The van der Waals surface area contributed by atoms with Gasteiger partial charge in [0.2, 0.25) is 0 Å². The molecule has 4 nitrogen and oxygen atoms in total. The summed E-state index contributed by atoms with van der Waals surface area (Å²) in [5.41, 5.74) is 1.93. The molecule has 0 radical (unpaired) electrons. The van der Waals surface area contributed by atoms with Gasteiger partial charge in [0.25, 0.3) is 0 Å². The highest BCUT2D eigenvalue weighted by Crippen LogP contribution is 2.26. The number of nitrogens with zero attached hydrogens (tertiary/aromatic N) is 1. The van der Waals surface area contributed by atoms with E-state index in [9.17, 15) is 0 Å². The molecule has 4 heteroatoms. The molecular formula is C15H18N2O2. The van der Waals surface area contributed by atoms with E-state index in [0.717, 1.165) is 29.4 Å². The summed E-state index contributed by atoms with van der Waals surface area (Å²) in [5, 5.41) is 3.25. The zero-order valence-electron chi connectivity index (χ0n) is 11.2. The third-order valence-electron chi connectivity index (χ3n) is 2.64. The highest BCUT2D eigenvalue weighted by molar-refractivity contribution is 5.43. The summed E-state index contributed by atoms with van der Waals surface area (Å²) in [7, 11) is 1.63. The first-order chi connectivity index (χ1) is 9.33. The lowest BCUT2D eigenvalue weighted by molar-refractivity contribution is 0.281. The lowest BCUT2D eigenvalue weighted by Gasteiger charge is -2.10. The number of benzene rings is 1. The molecule has 0 unspecified atom stereocenters. The molecule has 2 rings (SSSR count). The van der Waals surface area contributed by atoms with Gasteiger partial charge in [0.05, 0.1) is 12.8 Å². The summed E-state index contributed by atoms with van der Waals surface area (Å²) in [6.45, 7) is 3.36. The normalized spacial score (nSPS) is 10.0. The van der Waals surface area contributed by atoms with Crippen molar-refractivity contribution in [3.63, 3.8) is 0 Å². The van der Waals surface area contributed by atoms with E-state index in [2.05, 4.69) is 17.2 Å². The minimum atomic E-state index is 0.416. The van der Waals surface area contributed by atoms with Crippen LogP contribution >= 0.6 is 0 Å². The first kappa shape index (κ1) is 13.2. The predicted molar refractivity (Wildman–Crippen MR) is 75.7 cm³/mol. The van der Waals surface area contributed by atoms with Gasteiger partial charge in [0, 0.05) is 18.4 Å². The van der Waals surface area contributed by atoms with Crippen LogP contribution in [0.3, 0.4) is 0 Å². The van der Waals surface area contributed by atoms with Gasteiger partial charge in [0.15, 0.2) is 11.5 Å². The van der Waals surface area contributed by atoms with Gasteiger partial charge in [-0.1, -0.05) is 12.1 Å². The molecular weight excluding hydrogens is 240 g/mol. The summed E-state index contributed by atoms with van der Waals surface area (Å²) < 4.78 is 11.0. The number of aromatic nitrogens is 1. The van der Waals surface area contributed by atoms with Gasteiger partial charge < -0.3 is 14.8 Å². The number of methoxy groups -OCH3 is 1. The zero-order chi connectivity index (χ0) is 13.5. The lowest BCUT2D eigenvalue weighted by Crippen LogP contribution is -2.02. The van der Waals surface area contributed by atoms with E-state index in [-0.39, 0.29) is 0 Å². The fourth-order valence-electron chi connectivity index (χ4n) is 1.76. The minimum Gasteiger partial charge on any atom is -0.493 e. The van der Waals surface area contributed by atoms with E-state index in [1.165, 1.54) is 0 Å². The van der Waals surface area contributed by atoms with Crippen LogP contribution in [0.4, 0.5) is 5.69 Å². The maximum atomic E-state index is 5.73. The quantitative estimate of drug-likeness (QED) is 0.864. The first-order valence-electron chi connectivity index (χ1n) is 6.28. The second-order valence-corrected chi connectivity index (χ2v) is 4.01. The van der Waals surface area contributed by atoms with E-state index in [1.54, 1.807) is 13.3 Å². The summed E-state index contributed by atoms with van der Waals surface area (Å²) in [4.78, 5) is 4.29. The minimum absolute atomic E-state index is 0.416. The fraction of sp³-hybridized carbons (Fsp3) is 0.267. The van der Waals surface area contributed by atoms with E-state index in [1.807, 2.05) is 36.4 Å². The molecule has 0 amide bonds. The van der Waals surface area contributed by atoms with E-state index >= 15 is 0 Å². The Hall–Kier alpha value is -2.23. The molecule has 0 atom stereocenters. The molecule has 0 fully saturated rings. The van der Waals surface area contributed by atoms with Gasteiger partial charge in [0.1, 0.15) is 6.61 Å². The van der Waals surface area contributed by atoms with Crippen LogP contribution in [0.25, 0.3) is 0 Å². The third-order valence-corrected chi connectivity index (χ3v) is 2.64. The van der Waals surface area contributed by atoms with Crippen LogP contribution in [0.5, 0.6) is 11.5 Å². The molecule has 0 bridgehead atoms. The van der Waals surface area contributed by atoms with Crippen molar-refractivity contribution in [1.29, 1.82) is 0 Å². The van der Waals surface area contributed by atoms with Crippen LogP contribution < -0.4 is 14.8 Å². The Kier molecular flexibility index (Phi) is 4.61. The average Bonchev–Trinajstić information content (AvgIpc) is 2.46. The highest BCUT2D eigenvalue weighted by atomic mass is 16.5. The predicted octanol–water partition coefficient (Wildman–Crippen LogP) is 3.10. The van der Waals surface area contributed by atoms with Gasteiger partial charge in [-0.05, 0) is 31.2 Å². The van der Waals surface area contributed by atoms with Crippen LogP contribution in [0.2, 0.25) is 0 Å². The van der Waals surface area contributed by atoms with Crippen molar-refractivity contribution in [3.05, 3.63) is 48.3 Å². The molecule has 0 aliphatic rings. The smallest absolute Gasteiger partial charge is 0.161 e. The van der Waals surface area contributed by atoms with Crippen molar-refractivity contribution < 1.29 is 9.47 Å². The van der Waals surface area contributed by atoms with Crippen LogP contribution in [-0.4, -0.2) is 18.6 Å². The van der Waals surface area contributed by atoms with Crippen molar-refractivity contribution in [3.8, 4) is 11.5 Å². The lowest BCUT2D eigenvalue weighted by atomic mass is 10.3. The van der Waals surface area contributed by atoms with Crippen molar-refractivity contribution in [2.45, 2.75) is 13.5 Å². The SMILES string of the molecule is CCNc1ccnc(COc2ccccc2OC)c1. The number of ether oxygens (including phenoxy) is 2. The Labute approximate surface area is 113 Å². The van der Waals surface area contributed by atoms with E-state index in [0.29, 0.717) is 6.61 Å². The summed E-state index contributed by atoms with van der Waals surface area (Å²) in [5.74, 6) is 1.45. The van der Waals surface area contributed by atoms with E-state index in [4.69, 9.17) is 9.47 Å². The topological polar surface area (TPSA) is 43.4 Å². The molecule has 100 valence electrons. The van der Waals surface area contributed by atoms with Crippen molar-refractivity contribution in [2.24, 2.45) is 0 Å². The maximum absolute atomic E-state index is 5.73. The van der Waals surface area contributed by atoms with Crippen molar-refractivity contribution in [2.75, 3.05) is 19.0 Å². The van der Waals surface area contributed by atoms with Gasteiger partial charge >= 0.3 is 0 Å². The molecule has 19 heavy (non-hydrogen) atoms. The number of nitrogens with one attached hydrogen (secondary N) is 1. The Morgan fingerprint density at radius 1 is 1.16 bits per heavy atom. The Bertz CT molecular complexity index is 529. The second kappa shape index (κ2) is 6.64. The van der Waals surface area contributed by atoms with Crippen LogP contribution in [0, 0.1) is 0 Å². The van der Waals surface area contributed by atoms with Crippen LogP contribution in [0.1, 0.15) is 12.6 Å². The molecule has 1 heterocycles. The molecule has 1 aromatic heterocycles.